The van der Waals surface area contributed by atoms with Gasteiger partial charge in [0.2, 0.25) is 5.91 Å². The molecule has 1 heterocycles. The van der Waals surface area contributed by atoms with E-state index in [1.54, 1.807) is 22.1 Å². The van der Waals surface area contributed by atoms with Gasteiger partial charge >= 0.3 is 6.18 Å². The average Bonchev–Trinajstić information content (AvgIpc) is 2.85. The van der Waals surface area contributed by atoms with Crippen LogP contribution in [0.4, 0.5) is 13.2 Å². The van der Waals surface area contributed by atoms with E-state index in [2.05, 4.69) is 5.32 Å². The highest BCUT2D eigenvalue weighted by Crippen LogP contribution is 2.15. The number of nitrogens with one attached hydrogen (secondary N) is 2. The molecule has 2 atom stereocenters. The van der Waals surface area contributed by atoms with E-state index >= 15 is 0 Å². The highest BCUT2D eigenvalue weighted by Gasteiger charge is 2.28. The van der Waals surface area contributed by atoms with Gasteiger partial charge in [-0.2, -0.15) is 24.5 Å². The van der Waals surface area contributed by atoms with Gasteiger partial charge in [-0.05, 0) is 29.3 Å². The molecule has 0 aliphatic rings. The second-order valence-corrected chi connectivity index (χ2v) is 4.82. The third kappa shape index (κ3) is 6.04. The zero-order valence-corrected chi connectivity index (χ0v) is 11.0. The molecule has 0 aromatic carbocycles. The smallest absolute Gasteiger partial charge is 0.387 e. The van der Waals surface area contributed by atoms with Crippen LogP contribution >= 0.6 is 11.3 Å². The monoisotopic (exact) mass is 296 g/mol. The minimum atomic E-state index is -4.43. The molecule has 0 fully saturated rings. The minimum absolute atomic E-state index is 0.0946. The maximum absolute atomic E-state index is 11.9. The van der Waals surface area contributed by atoms with Crippen LogP contribution in [0.1, 0.15) is 18.6 Å². The van der Waals surface area contributed by atoms with Crippen molar-refractivity contribution in [3.05, 3.63) is 22.4 Å². The first kappa shape index (κ1) is 15.9. The molecular formula is C11H15F3N2O2S. The number of alkyl halides is 3. The fourth-order valence-corrected chi connectivity index (χ4v) is 2.01. The molecule has 19 heavy (non-hydrogen) atoms. The Morgan fingerprint density at radius 3 is 2.74 bits per heavy atom. The molecule has 3 N–H and O–H groups in total. The predicted octanol–water partition coefficient (Wildman–Crippen LogP) is 1.44. The van der Waals surface area contributed by atoms with E-state index in [1.165, 1.54) is 18.3 Å². The quantitative estimate of drug-likeness (QED) is 0.744. The second-order valence-electron chi connectivity index (χ2n) is 4.04. The number of aliphatic hydroxyl groups excluding tert-OH is 1. The lowest BCUT2D eigenvalue weighted by molar-refractivity contribution is -0.139. The van der Waals surface area contributed by atoms with Crippen LogP contribution in [0.5, 0.6) is 0 Å². The van der Waals surface area contributed by atoms with Crippen LogP contribution in [0.15, 0.2) is 16.8 Å². The Balaban J connectivity index is 2.30. The Morgan fingerprint density at radius 1 is 1.53 bits per heavy atom. The molecule has 1 amide bonds. The number of halogens is 3. The lowest BCUT2D eigenvalue weighted by Crippen LogP contribution is -2.46. The van der Waals surface area contributed by atoms with Crippen molar-refractivity contribution in [2.75, 3.05) is 13.1 Å². The fraction of sp³-hybridized carbons (Fsp3) is 0.545. The number of carbonyl (C=O) groups is 1. The summed E-state index contributed by atoms with van der Waals surface area (Å²) in [6.45, 7) is 0.175. The van der Waals surface area contributed by atoms with Crippen LogP contribution in [0, 0.1) is 0 Å². The van der Waals surface area contributed by atoms with Crippen molar-refractivity contribution in [1.82, 2.24) is 10.6 Å². The van der Waals surface area contributed by atoms with Gasteiger partial charge < -0.3 is 15.7 Å². The number of amides is 1. The molecule has 108 valence electrons. The standard InChI is InChI=1S/C11H15F3N2O2S/c1-7(10(18)16-6-11(12,13)14)15-4-9(17)8-2-3-19-5-8/h2-3,5,7,9,15,17H,4,6H2,1H3,(H,16,18). The number of hydrogen-bond donors (Lipinski definition) is 3. The van der Waals surface area contributed by atoms with Crippen LogP contribution < -0.4 is 10.6 Å². The van der Waals surface area contributed by atoms with Gasteiger partial charge in [0.25, 0.3) is 0 Å². The summed E-state index contributed by atoms with van der Waals surface area (Å²) in [6.07, 6.45) is -5.21. The summed E-state index contributed by atoms with van der Waals surface area (Å²) in [6, 6.07) is 0.932. The van der Waals surface area contributed by atoms with Crippen LogP contribution in [-0.2, 0) is 4.79 Å². The Labute approximate surface area is 112 Å². The number of aliphatic hydroxyl groups is 1. The summed E-state index contributed by atoms with van der Waals surface area (Å²) in [5.41, 5.74) is 0.709. The molecule has 0 spiro atoms. The Bertz CT molecular complexity index is 395. The molecule has 0 aliphatic heterocycles. The zero-order chi connectivity index (χ0) is 14.5. The van der Waals surface area contributed by atoms with Crippen molar-refractivity contribution < 1.29 is 23.1 Å². The van der Waals surface area contributed by atoms with Crippen LogP contribution in [0.2, 0.25) is 0 Å². The van der Waals surface area contributed by atoms with Crippen molar-refractivity contribution in [2.45, 2.75) is 25.2 Å². The van der Waals surface area contributed by atoms with Crippen molar-refractivity contribution in [1.29, 1.82) is 0 Å². The first-order valence-electron chi connectivity index (χ1n) is 5.57. The van der Waals surface area contributed by atoms with Gasteiger partial charge in [-0.15, -0.1) is 0 Å². The van der Waals surface area contributed by atoms with Gasteiger partial charge in [0.15, 0.2) is 0 Å². The van der Waals surface area contributed by atoms with E-state index in [-0.39, 0.29) is 6.54 Å². The molecule has 1 rings (SSSR count). The Morgan fingerprint density at radius 2 is 2.21 bits per heavy atom. The third-order valence-corrected chi connectivity index (χ3v) is 3.10. The number of carbonyl (C=O) groups excluding carboxylic acids is 1. The summed E-state index contributed by atoms with van der Waals surface area (Å²) in [5, 5.41) is 17.8. The molecule has 0 bridgehead atoms. The van der Waals surface area contributed by atoms with Gasteiger partial charge in [-0.3, -0.25) is 4.79 Å². The lowest BCUT2D eigenvalue weighted by atomic mass is 10.2. The number of hydrogen-bond acceptors (Lipinski definition) is 4. The van der Waals surface area contributed by atoms with E-state index in [1.807, 2.05) is 0 Å². The molecule has 0 radical (unpaired) electrons. The second kappa shape index (κ2) is 6.88. The van der Waals surface area contributed by atoms with Crippen molar-refractivity contribution >= 4 is 17.2 Å². The molecular weight excluding hydrogens is 281 g/mol. The van der Waals surface area contributed by atoms with E-state index in [9.17, 15) is 23.1 Å². The molecule has 8 heteroatoms. The van der Waals surface area contributed by atoms with Gasteiger partial charge in [-0.25, -0.2) is 0 Å². The summed E-state index contributed by atoms with van der Waals surface area (Å²) in [4.78, 5) is 11.3. The van der Waals surface area contributed by atoms with E-state index < -0.39 is 30.8 Å². The maximum Gasteiger partial charge on any atom is 0.405 e. The molecule has 1 aromatic heterocycles. The van der Waals surface area contributed by atoms with E-state index in [0.29, 0.717) is 5.56 Å². The molecule has 0 aliphatic carbocycles. The first-order chi connectivity index (χ1) is 8.79. The topological polar surface area (TPSA) is 61.4 Å². The van der Waals surface area contributed by atoms with Gasteiger partial charge in [-0.1, -0.05) is 0 Å². The summed E-state index contributed by atoms with van der Waals surface area (Å²) >= 11 is 1.43. The zero-order valence-electron chi connectivity index (χ0n) is 10.2. The Kier molecular flexibility index (Phi) is 5.77. The Hall–Kier alpha value is -1.12. The summed E-state index contributed by atoms with van der Waals surface area (Å²) in [7, 11) is 0. The van der Waals surface area contributed by atoms with Crippen molar-refractivity contribution in [2.24, 2.45) is 0 Å². The number of thiophene rings is 1. The molecule has 0 saturated carbocycles. The number of rotatable bonds is 6. The highest BCUT2D eigenvalue weighted by molar-refractivity contribution is 7.07. The van der Waals surface area contributed by atoms with Crippen molar-refractivity contribution in [3.8, 4) is 0 Å². The fourth-order valence-electron chi connectivity index (χ4n) is 1.30. The predicted molar refractivity (Wildman–Crippen MR) is 65.8 cm³/mol. The molecule has 1 aromatic rings. The van der Waals surface area contributed by atoms with Gasteiger partial charge in [0, 0.05) is 6.54 Å². The minimum Gasteiger partial charge on any atom is -0.387 e. The molecule has 4 nitrogen and oxygen atoms in total. The molecule has 0 saturated heterocycles. The normalized spacial score (nSPS) is 15.0. The average molecular weight is 296 g/mol. The van der Waals surface area contributed by atoms with Crippen LogP contribution in [-0.4, -0.2) is 36.3 Å². The van der Waals surface area contributed by atoms with Crippen LogP contribution in [0.3, 0.4) is 0 Å². The first-order valence-corrected chi connectivity index (χ1v) is 6.52. The largest absolute Gasteiger partial charge is 0.405 e. The van der Waals surface area contributed by atoms with Gasteiger partial charge in [0.1, 0.15) is 6.54 Å². The van der Waals surface area contributed by atoms with Gasteiger partial charge in [0.05, 0.1) is 12.1 Å². The highest BCUT2D eigenvalue weighted by atomic mass is 32.1. The van der Waals surface area contributed by atoms with Crippen LogP contribution in [0.25, 0.3) is 0 Å². The van der Waals surface area contributed by atoms with E-state index in [0.717, 1.165) is 0 Å². The molecule has 2 unspecified atom stereocenters. The lowest BCUT2D eigenvalue weighted by Gasteiger charge is -2.17. The summed E-state index contributed by atoms with van der Waals surface area (Å²) < 4.78 is 35.7. The summed E-state index contributed by atoms with van der Waals surface area (Å²) in [5.74, 6) is -0.755. The maximum atomic E-state index is 11.9. The SMILES string of the molecule is CC(NCC(O)c1ccsc1)C(=O)NCC(F)(F)F. The van der Waals surface area contributed by atoms with Crippen molar-refractivity contribution in [3.63, 3.8) is 0 Å². The third-order valence-electron chi connectivity index (χ3n) is 2.40. The van der Waals surface area contributed by atoms with E-state index in [4.69, 9.17) is 0 Å².